The summed E-state index contributed by atoms with van der Waals surface area (Å²) in [5, 5.41) is 0.529. The highest BCUT2D eigenvalue weighted by atomic mass is 16.3. The first-order valence-corrected chi connectivity index (χ1v) is 7.63. The molecule has 24 heavy (non-hydrogen) atoms. The number of hydrogen-bond acceptors (Lipinski definition) is 4. The summed E-state index contributed by atoms with van der Waals surface area (Å²) in [5.41, 5.74) is 3.95. The summed E-state index contributed by atoms with van der Waals surface area (Å²) in [4.78, 5) is 21.0. The van der Waals surface area contributed by atoms with Gasteiger partial charge in [-0.15, -0.1) is 0 Å². The summed E-state index contributed by atoms with van der Waals surface area (Å²) in [6, 6.07) is 14.8. The van der Waals surface area contributed by atoms with Crippen LogP contribution in [0.3, 0.4) is 0 Å². The molecule has 0 amide bonds. The molecule has 4 nitrogen and oxygen atoms in total. The number of aromatic nitrogens is 2. The Labute approximate surface area is 138 Å². The molecule has 0 spiro atoms. The maximum atomic E-state index is 12.5. The molecule has 0 fully saturated rings. The quantitative estimate of drug-likeness (QED) is 0.556. The van der Waals surface area contributed by atoms with E-state index < -0.39 is 0 Å². The highest BCUT2D eigenvalue weighted by Crippen LogP contribution is 2.30. The monoisotopic (exact) mass is 314 g/mol. The van der Waals surface area contributed by atoms with E-state index in [0.717, 1.165) is 16.7 Å². The number of aryl methyl sites for hydroxylation is 1. The first kappa shape index (κ1) is 14.3. The molecule has 4 heteroatoms. The summed E-state index contributed by atoms with van der Waals surface area (Å²) in [7, 11) is 0. The van der Waals surface area contributed by atoms with E-state index in [1.165, 1.54) is 6.07 Å². The van der Waals surface area contributed by atoms with Crippen molar-refractivity contribution in [2.24, 2.45) is 0 Å². The Hall–Kier alpha value is -3.27. The molecule has 0 atom stereocenters. The first-order chi connectivity index (χ1) is 11.7. The van der Waals surface area contributed by atoms with Gasteiger partial charge in [-0.3, -0.25) is 14.8 Å². The molecule has 0 radical (unpaired) electrons. The van der Waals surface area contributed by atoms with Gasteiger partial charge >= 0.3 is 0 Å². The molecule has 3 heterocycles. The van der Waals surface area contributed by atoms with Crippen LogP contribution >= 0.6 is 0 Å². The van der Waals surface area contributed by atoms with Crippen molar-refractivity contribution < 1.29 is 4.42 Å². The van der Waals surface area contributed by atoms with Gasteiger partial charge in [-0.25, -0.2) is 0 Å². The molecule has 0 saturated heterocycles. The number of benzene rings is 1. The molecule has 0 unspecified atom stereocenters. The Kier molecular flexibility index (Phi) is 3.43. The topological polar surface area (TPSA) is 56.0 Å². The van der Waals surface area contributed by atoms with E-state index in [9.17, 15) is 4.79 Å². The van der Waals surface area contributed by atoms with Gasteiger partial charge in [-0.2, -0.15) is 0 Å². The Morgan fingerprint density at radius 1 is 0.958 bits per heavy atom. The van der Waals surface area contributed by atoms with E-state index in [4.69, 9.17) is 4.42 Å². The number of hydrogen-bond donors (Lipinski definition) is 0. The predicted octanol–water partition coefficient (Wildman–Crippen LogP) is 4.23. The first-order valence-electron chi connectivity index (χ1n) is 7.63. The molecule has 0 aliphatic rings. The van der Waals surface area contributed by atoms with Gasteiger partial charge in [0.2, 0.25) is 0 Å². The van der Waals surface area contributed by atoms with Crippen LogP contribution < -0.4 is 5.43 Å². The van der Waals surface area contributed by atoms with E-state index in [2.05, 4.69) is 9.97 Å². The van der Waals surface area contributed by atoms with Crippen LogP contribution in [0.15, 0.2) is 76.3 Å². The zero-order valence-corrected chi connectivity index (χ0v) is 13.1. The molecule has 0 saturated carbocycles. The van der Waals surface area contributed by atoms with E-state index >= 15 is 0 Å². The van der Waals surface area contributed by atoms with Gasteiger partial charge in [0, 0.05) is 35.8 Å². The van der Waals surface area contributed by atoms with Crippen LogP contribution in [0.4, 0.5) is 0 Å². The highest BCUT2D eigenvalue weighted by molar-refractivity contribution is 5.91. The average Bonchev–Trinajstić information content (AvgIpc) is 2.63. The van der Waals surface area contributed by atoms with Crippen LogP contribution in [0.25, 0.3) is 33.6 Å². The lowest BCUT2D eigenvalue weighted by molar-refractivity contribution is 0.618. The predicted molar refractivity (Wildman–Crippen MR) is 93.7 cm³/mol. The van der Waals surface area contributed by atoms with Gasteiger partial charge in [0.05, 0.1) is 5.39 Å². The van der Waals surface area contributed by atoms with Gasteiger partial charge in [0.15, 0.2) is 11.0 Å². The lowest BCUT2D eigenvalue weighted by Gasteiger charge is -2.09. The van der Waals surface area contributed by atoms with Crippen molar-refractivity contribution in [3.8, 4) is 22.6 Å². The zero-order chi connectivity index (χ0) is 16.5. The van der Waals surface area contributed by atoms with Crippen LogP contribution in [0.1, 0.15) is 5.56 Å². The van der Waals surface area contributed by atoms with Crippen molar-refractivity contribution in [2.75, 3.05) is 0 Å². The third kappa shape index (κ3) is 2.38. The lowest BCUT2D eigenvalue weighted by atomic mass is 10.0. The van der Waals surface area contributed by atoms with Crippen molar-refractivity contribution in [3.05, 3.63) is 82.9 Å². The maximum Gasteiger partial charge on any atom is 0.193 e. The molecule has 1 aromatic carbocycles. The van der Waals surface area contributed by atoms with Crippen LogP contribution in [0, 0.1) is 6.92 Å². The van der Waals surface area contributed by atoms with Crippen molar-refractivity contribution in [3.63, 3.8) is 0 Å². The molecule has 0 bridgehead atoms. The number of pyridine rings is 2. The van der Waals surface area contributed by atoms with Crippen molar-refractivity contribution >= 4 is 11.0 Å². The third-order valence-corrected chi connectivity index (χ3v) is 4.01. The maximum absolute atomic E-state index is 12.5. The molecule has 4 aromatic rings. The Bertz CT molecular complexity index is 1090. The second-order valence-electron chi connectivity index (χ2n) is 5.56. The molecule has 0 aliphatic carbocycles. The molecular weight excluding hydrogens is 300 g/mol. The third-order valence-electron chi connectivity index (χ3n) is 4.01. The van der Waals surface area contributed by atoms with Gasteiger partial charge in [0.25, 0.3) is 0 Å². The molecule has 4 rings (SSSR count). The summed E-state index contributed by atoms with van der Waals surface area (Å²) < 4.78 is 6.08. The van der Waals surface area contributed by atoms with Crippen LogP contribution in [-0.4, -0.2) is 9.97 Å². The molecular formula is C20H14N2O2. The van der Waals surface area contributed by atoms with Gasteiger partial charge in [-0.1, -0.05) is 24.3 Å². The van der Waals surface area contributed by atoms with Gasteiger partial charge in [-0.05, 0) is 30.7 Å². The van der Waals surface area contributed by atoms with E-state index in [1.807, 2.05) is 43.3 Å². The average molecular weight is 314 g/mol. The summed E-state index contributed by atoms with van der Waals surface area (Å²) in [6.45, 7) is 2.01. The minimum absolute atomic E-state index is 0.0831. The minimum Gasteiger partial charge on any atom is -0.454 e. The van der Waals surface area contributed by atoms with Crippen molar-refractivity contribution in [1.82, 2.24) is 9.97 Å². The van der Waals surface area contributed by atoms with E-state index in [-0.39, 0.29) is 5.43 Å². The summed E-state index contributed by atoms with van der Waals surface area (Å²) in [5.74, 6) is 0.512. The highest BCUT2D eigenvalue weighted by Gasteiger charge is 2.14. The van der Waals surface area contributed by atoms with Crippen LogP contribution in [-0.2, 0) is 0 Å². The lowest BCUT2D eigenvalue weighted by Crippen LogP contribution is -2.02. The molecule has 0 N–H and O–H groups in total. The Morgan fingerprint density at radius 2 is 1.75 bits per heavy atom. The smallest absolute Gasteiger partial charge is 0.193 e. The fourth-order valence-corrected chi connectivity index (χ4v) is 2.77. The van der Waals surface area contributed by atoms with Crippen LogP contribution in [0.2, 0.25) is 0 Å². The van der Waals surface area contributed by atoms with Crippen LogP contribution in [0.5, 0.6) is 0 Å². The number of nitrogens with zero attached hydrogens (tertiary/aromatic N) is 2. The standard InChI is InChI=1S/C20H14N2O2/c1-13-4-2-3-5-15(13)19-20-16(8-11-22-19)17(23)12-18(24-20)14-6-9-21-10-7-14/h2-12H,1H3. The number of rotatable bonds is 2. The largest absolute Gasteiger partial charge is 0.454 e. The fraction of sp³-hybridized carbons (Fsp3) is 0.0500. The zero-order valence-electron chi connectivity index (χ0n) is 13.1. The van der Waals surface area contributed by atoms with Gasteiger partial charge in [0.1, 0.15) is 11.5 Å². The second-order valence-corrected chi connectivity index (χ2v) is 5.56. The van der Waals surface area contributed by atoms with Gasteiger partial charge < -0.3 is 4.42 Å². The van der Waals surface area contributed by atoms with E-state index in [1.54, 1.807) is 24.7 Å². The fourth-order valence-electron chi connectivity index (χ4n) is 2.77. The molecule has 3 aromatic heterocycles. The second kappa shape index (κ2) is 5.74. The summed E-state index contributed by atoms with van der Waals surface area (Å²) in [6.07, 6.45) is 4.99. The molecule has 116 valence electrons. The van der Waals surface area contributed by atoms with Crippen molar-refractivity contribution in [1.29, 1.82) is 0 Å². The van der Waals surface area contributed by atoms with Crippen molar-refractivity contribution in [2.45, 2.75) is 6.92 Å². The summed E-state index contributed by atoms with van der Waals surface area (Å²) >= 11 is 0. The minimum atomic E-state index is -0.0831. The molecule has 0 aliphatic heterocycles. The Morgan fingerprint density at radius 3 is 2.54 bits per heavy atom. The normalized spacial score (nSPS) is 10.9. The number of fused-ring (bicyclic) bond motifs is 1. The van der Waals surface area contributed by atoms with E-state index in [0.29, 0.717) is 22.4 Å². The Balaban J connectivity index is 2.05. The SMILES string of the molecule is Cc1ccccc1-c1nccc2c(=O)cc(-c3ccncc3)oc12.